The van der Waals surface area contributed by atoms with Crippen LogP contribution in [0.3, 0.4) is 0 Å². The molecule has 0 saturated heterocycles. The molecule has 0 unspecified atom stereocenters. The fraction of sp³-hybridized carbons (Fsp3) is 0.520. The van der Waals surface area contributed by atoms with Crippen LogP contribution in [0.25, 0.3) is 11.0 Å². The summed E-state index contributed by atoms with van der Waals surface area (Å²) in [5, 5.41) is 25.8. The molecule has 1 aliphatic heterocycles. The molecule has 1 atom stereocenters. The first kappa shape index (κ1) is 26.3. The molecule has 0 saturated carbocycles. The van der Waals surface area contributed by atoms with Gasteiger partial charge in [0.05, 0.1) is 6.20 Å². The minimum Gasteiger partial charge on any atom is -0.480 e. The number of H-pyrrole nitrogens is 1. The summed E-state index contributed by atoms with van der Waals surface area (Å²) in [6, 6.07) is 3.46. The molecule has 3 aromatic rings. The van der Waals surface area contributed by atoms with Crippen molar-refractivity contribution in [1.29, 1.82) is 0 Å². The van der Waals surface area contributed by atoms with E-state index in [1.807, 2.05) is 0 Å². The van der Waals surface area contributed by atoms with E-state index in [2.05, 4.69) is 53.1 Å². The predicted molar refractivity (Wildman–Crippen MR) is 140 cm³/mol. The molecule has 0 aromatic carbocycles. The average molecular weight is 510 g/mol. The molecule has 12 nitrogen and oxygen atoms in total. The van der Waals surface area contributed by atoms with Gasteiger partial charge in [0.25, 0.3) is 0 Å². The van der Waals surface area contributed by atoms with Crippen molar-refractivity contribution < 1.29 is 14.7 Å². The summed E-state index contributed by atoms with van der Waals surface area (Å²) in [7, 11) is 0. The molecule has 4 heterocycles. The summed E-state index contributed by atoms with van der Waals surface area (Å²) in [4.78, 5) is 38.6. The lowest BCUT2D eigenvalue weighted by atomic mass is 10.1. The van der Waals surface area contributed by atoms with Crippen LogP contribution in [0.5, 0.6) is 0 Å². The molecule has 0 bridgehead atoms. The van der Waals surface area contributed by atoms with Crippen molar-refractivity contribution in [3.63, 3.8) is 0 Å². The minimum atomic E-state index is -0.958. The average Bonchev–Trinajstić information content (AvgIpc) is 3.38. The van der Waals surface area contributed by atoms with Gasteiger partial charge < -0.3 is 26.0 Å². The number of carboxylic acid groups (broad SMARTS) is 1. The van der Waals surface area contributed by atoms with Crippen LogP contribution in [0.4, 0.5) is 11.6 Å². The van der Waals surface area contributed by atoms with Crippen molar-refractivity contribution in [1.82, 2.24) is 35.4 Å². The quantitative estimate of drug-likeness (QED) is 0.203. The van der Waals surface area contributed by atoms with Crippen LogP contribution in [-0.4, -0.2) is 85.8 Å². The number of hydrogen-bond acceptors (Lipinski definition) is 9. The van der Waals surface area contributed by atoms with E-state index < -0.39 is 12.0 Å². The number of carboxylic acids is 1. The highest BCUT2D eigenvalue weighted by atomic mass is 16.4. The Morgan fingerprint density at radius 1 is 1.19 bits per heavy atom. The Labute approximate surface area is 215 Å². The Balaban J connectivity index is 1.30. The Morgan fingerprint density at radius 2 is 2.08 bits per heavy atom. The smallest absolute Gasteiger partial charge is 0.326 e. The second-order valence-corrected chi connectivity index (χ2v) is 9.30. The van der Waals surface area contributed by atoms with Crippen LogP contribution in [0, 0.1) is 0 Å². The number of aliphatic carboxylic acids is 1. The van der Waals surface area contributed by atoms with Crippen LogP contribution < -0.4 is 16.0 Å². The zero-order chi connectivity index (χ0) is 26.0. The van der Waals surface area contributed by atoms with Crippen molar-refractivity contribution in [2.24, 2.45) is 0 Å². The summed E-state index contributed by atoms with van der Waals surface area (Å²) in [6.07, 6.45) is 8.35. The predicted octanol–water partition coefficient (Wildman–Crippen LogP) is 1.82. The van der Waals surface area contributed by atoms with E-state index in [1.165, 1.54) is 18.8 Å². The summed E-state index contributed by atoms with van der Waals surface area (Å²) in [5.74, 6) is 0.389. The topological polar surface area (TPSA) is 161 Å². The second-order valence-electron chi connectivity index (χ2n) is 9.30. The molecule has 1 aliphatic rings. The highest BCUT2D eigenvalue weighted by molar-refractivity contribution is 5.87. The van der Waals surface area contributed by atoms with Crippen molar-refractivity contribution in [3.05, 3.63) is 35.9 Å². The number of carbonyl (C=O) groups is 2. The molecular weight excluding hydrogens is 474 g/mol. The Morgan fingerprint density at radius 3 is 2.92 bits per heavy atom. The number of nitrogens with zero attached hydrogens (tertiary/aromatic N) is 5. The maximum absolute atomic E-state index is 12.0. The van der Waals surface area contributed by atoms with Crippen LogP contribution >= 0.6 is 0 Å². The number of aryl methyl sites for hydroxylation is 2. The largest absolute Gasteiger partial charge is 0.480 e. The third kappa shape index (κ3) is 7.59. The van der Waals surface area contributed by atoms with E-state index in [4.69, 9.17) is 4.98 Å². The van der Waals surface area contributed by atoms with Gasteiger partial charge in [0.2, 0.25) is 5.91 Å². The minimum absolute atomic E-state index is 0.0792. The molecule has 37 heavy (non-hydrogen) atoms. The standard InChI is InChI=1S/C25H35N9O3/c1-17(35)26-11-14-34(12-3-2-6-19-8-7-18-5-4-10-27-23(18)31-19)13-9-20(25(36)37)32-24-22-21(15-30-33-22)28-16-29-24/h7-8,15-16,20H,2-6,9-14H2,1H3,(H,26,35)(H,27,31)(H,30,33)(H,36,37)(H,28,29,32)/t20-/m0/s1. The van der Waals surface area contributed by atoms with Gasteiger partial charge in [0.1, 0.15) is 29.2 Å². The number of carbonyl (C=O) groups excluding carboxylic acids is 1. The zero-order valence-corrected chi connectivity index (χ0v) is 21.2. The Bertz CT molecular complexity index is 1200. The molecule has 1 amide bonds. The third-order valence-electron chi connectivity index (χ3n) is 6.49. The van der Waals surface area contributed by atoms with Gasteiger partial charge in [-0.3, -0.25) is 9.89 Å². The van der Waals surface area contributed by atoms with E-state index in [0.29, 0.717) is 42.9 Å². The van der Waals surface area contributed by atoms with Crippen molar-refractivity contribution >= 4 is 34.5 Å². The van der Waals surface area contributed by atoms with E-state index in [1.54, 1.807) is 6.20 Å². The third-order valence-corrected chi connectivity index (χ3v) is 6.49. The fourth-order valence-electron chi connectivity index (χ4n) is 4.48. The monoisotopic (exact) mass is 509 g/mol. The van der Waals surface area contributed by atoms with Crippen molar-refractivity contribution in [2.75, 3.05) is 43.4 Å². The number of hydrogen-bond donors (Lipinski definition) is 5. The molecule has 0 fully saturated rings. The number of aromatic nitrogens is 5. The van der Waals surface area contributed by atoms with Gasteiger partial charge in [-0.1, -0.05) is 6.07 Å². The summed E-state index contributed by atoms with van der Waals surface area (Å²) in [5.41, 5.74) is 3.56. The van der Waals surface area contributed by atoms with Gasteiger partial charge in [0.15, 0.2) is 5.82 Å². The fourth-order valence-corrected chi connectivity index (χ4v) is 4.48. The Kier molecular flexibility index (Phi) is 9.19. The van der Waals surface area contributed by atoms with E-state index >= 15 is 0 Å². The van der Waals surface area contributed by atoms with Crippen molar-refractivity contribution in [2.45, 2.75) is 51.5 Å². The van der Waals surface area contributed by atoms with Crippen LogP contribution in [0.15, 0.2) is 24.7 Å². The first-order valence-electron chi connectivity index (χ1n) is 12.8. The van der Waals surface area contributed by atoms with Crippen LogP contribution in [0.1, 0.15) is 43.9 Å². The lowest BCUT2D eigenvalue weighted by Gasteiger charge is -2.24. The number of rotatable bonds is 14. The lowest BCUT2D eigenvalue weighted by molar-refractivity contribution is -0.138. The molecule has 4 rings (SSSR count). The number of fused-ring (bicyclic) bond motifs is 2. The summed E-state index contributed by atoms with van der Waals surface area (Å²) < 4.78 is 0. The maximum Gasteiger partial charge on any atom is 0.326 e. The van der Waals surface area contributed by atoms with E-state index in [-0.39, 0.29) is 5.91 Å². The highest BCUT2D eigenvalue weighted by Gasteiger charge is 2.21. The molecule has 198 valence electrons. The van der Waals surface area contributed by atoms with E-state index in [0.717, 1.165) is 56.7 Å². The van der Waals surface area contributed by atoms with Gasteiger partial charge in [0, 0.05) is 38.8 Å². The number of pyridine rings is 1. The van der Waals surface area contributed by atoms with Crippen LogP contribution in [-0.2, 0) is 22.4 Å². The number of anilines is 2. The van der Waals surface area contributed by atoms with Gasteiger partial charge in [-0.2, -0.15) is 5.10 Å². The number of nitrogens with one attached hydrogen (secondary N) is 4. The highest BCUT2D eigenvalue weighted by Crippen LogP contribution is 2.20. The first-order valence-corrected chi connectivity index (χ1v) is 12.8. The summed E-state index contributed by atoms with van der Waals surface area (Å²) in [6.45, 7) is 4.98. The normalized spacial score (nSPS) is 13.7. The van der Waals surface area contributed by atoms with E-state index in [9.17, 15) is 14.7 Å². The molecule has 12 heteroatoms. The van der Waals surface area contributed by atoms with Gasteiger partial charge in [-0.25, -0.2) is 19.7 Å². The number of unbranched alkanes of at least 4 members (excludes halogenated alkanes) is 1. The number of aromatic amines is 1. The Hall–Kier alpha value is -3.80. The van der Waals surface area contributed by atoms with Gasteiger partial charge in [-0.15, -0.1) is 0 Å². The SMILES string of the molecule is CC(=O)NCCN(CCCCc1ccc2c(n1)NCCC2)CC[C@H](Nc1ncnc2cn[nH]c12)C(=O)O. The zero-order valence-electron chi connectivity index (χ0n) is 21.2. The molecule has 3 aromatic heterocycles. The second kappa shape index (κ2) is 12.9. The molecule has 0 spiro atoms. The van der Waals surface area contributed by atoms with Gasteiger partial charge >= 0.3 is 5.97 Å². The lowest BCUT2D eigenvalue weighted by Crippen LogP contribution is -2.39. The maximum atomic E-state index is 12.0. The summed E-state index contributed by atoms with van der Waals surface area (Å²) >= 11 is 0. The van der Waals surface area contributed by atoms with Gasteiger partial charge in [-0.05, 0) is 56.7 Å². The molecular formula is C25H35N9O3. The molecule has 0 aliphatic carbocycles. The molecule has 5 N–H and O–H groups in total. The first-order chi connectivity index (χ1) is 18.0. The number of amides is 1. The van der Waals surface area contributed by atoms with Crippen LogP contribution in [0.2, 0.25) is 0 Å². The van der Waals surface area contributed by atoms with Crippen molar-refractivity contribution in [3.8, 4) is 0 Å². The molecule has 0 radical (unpaired) electrons.